The number of aromatic nitrogens is 1. The second-order valence-corrected chi connectivity index (χ2v) is 6.48. The molecule has 6 nitrogen and oxygen atoms in total. The summed E-state index contributed by atoms with van der Waals surface area (Å²) in [6.07, 6.45) is 4.01. The van der Waals surface area contributed by atoms with Crippen LogP contribution in [-0.2, 0) is 9.53 Å². The summed E-state index contributed by atoms with van der Waals surface area (Å²) in [6, 6.07) is 5.40. The first kappa shape index (κ1) is 24.0. The van der Waals surface area contributed by atoms with E-state index < -0.39 is 17.6 Å². The van der Waals surface area contributed by atoms with E-state index in [1.807, 2.05) is 13.8 Å². The highest BCUT2D eigenvalue weighted by Crippen LogP contribution is 2.39. The minimum Gasteiger partial charge on any atom is -0.493 e. The first-order chi connectivity index (χ1) is 15.0. The highest BCUT2D eigenvalue weighted by atomic mass is 19.2. The summed E-state index contributed by atoms with van der Waals surface area (Å²) >= 11 is 0. The van der Waals surface area contributed by atoms with Gasteiger partial charge in [-0.25, -0.2) is 14.2 Å². The molecule has 0 radical (unpaired) electrons. The molecule has 0 fully saturated rings. The van der Waals surface area contributed by atoms with Crippen molar-refractivity contribution in [2.24, 2.45) is 0 Å². The molecule has 0 atom stereocenters. The number of pyridine rings is 1. The van der Waals surface area contributed by atoms with Crippen molar-refractivity contribution in [1.82, 2.24) is 4.98 Å². The topological polar surface area (TPSA) is 77.5 Å². The summed E-state index contributed by atoms with van der Waals surface area (Å²) in [5.74, 6) is -3.32. The highest BCUT2D eigenvalue weighted by molar-refractivity contribution is 6.09. The minimum atomic E-state index is -1.08. The Balaban J connectivity index is 0.00000166. The number of benzene rings is 1. The summed E-state index contributed by atoms with van der Waals surface area (Å²) in [5.41, 5.74) is 1.88. The summed E-state index contributed by atoms with van der Waals surface area (Å²) in [7, 11) is 2.50. The summed E-state index contributed by atoms with van der Waals surface area (Å²) < 4.78 is 37.5. The molecule has 1 aliphatic carbocycles. The van der Waals surface area contributed by atoms with E-state index in [4.69, 9.17) is 4.74 Å². The fourth-order valence-electron chi connectivity index (χ4n) is 3.35. The van der Waals surface area contributed by atoms with Gasteiger partial charge in [0.1, 0.15) is 5.69 Å². The van der Waals surface area contributed by atoms with Crippen molar-refractivity contribution in [1.29, 1.82) is 0 Å². The van der Waals surface area contributed by atoms with Crippen LogP contribution in [0.15, 0.2) is 36.0 Å². The van der Waals surface area contributed by atoms with E-state index in [-0.39, 0.29) is 17.4 Å². The van der Waals surface area contributed by atoms with Crippen LogP contribution in [0.2, 0.25) is 0 Å². The third-order valence-electron chi connectivity index (χ3n) is 4.73. The molecule has 1 aromatic carbocycles. The Morgan fingerprint density at radius 2 is 1.77 bits per heavy atom. The fourth-order valence-corrected chi connectivity index (χ4v) is 3.35. The van der Waals surface area contributed by atoms with Crippen LogP contribution in [0.5, 0.6) is 5.75 Å². The zero-order valence-corrected chi connectivity index (χ0v) is 18.1. The first-order valence-corrected chi connectivity index (χ1v) is 10.1. The zero-order chi connectivity index (χ0) is 23.0. The average Bonchev–Trinajstić information content (AvgIpc) is 2.81. The number of nitrogens with zero attached hydrogens (tertiary/aromatic N) is 1. The Labute approximate surface area is 180 Å². The molecular weight excluding hydrogens is 406 g/mol. The number of anilines is 1. The van der Waals surface area contributed by atoms with Crippen LogP contribution < -0.4 is 10.1 Å². The molecule has 3 rings (SSSR count). The molecule has 0 spiro atoms. The lowest BCUT2D eigenvalue weighted by molar-refractivity contribution is -0.113. The van der Waals surface area contributed by atoms with Crippen molar-refractivity contribution in [2.45, 2.75) is 39.5 Å². The molecule has 0 bridgehead atoms. The second kappa shape index (κ2) is 11.2. The number of amides is 1. The van der Waals surface area contributed by atoms with Crippen molar-refractivity contribution in [3.05, 3.63) is 58.9 Å². The predicted octanol–water partition coefficient (Wildman–Crippen LogP) is 5.15. The number of carbonyl (C=O) groups excluding carboxylic acids is 2. The van der Waals surface area contributed by atoms with Gasteiger partial charge in [-0.2, -0.15) is 4.39 Å². The van der Waals surface area contributed by atoms with Crippen molar-refractivity contribution >= 4 is 23.1 Å². The minimum absolute atomic E-state index is 0.0606. The molecule has 0 saturated heterocycles. The Morgan fingerprint density at radius 1 is 1.06 bits per heavy atom. The molecule has 1 heterocycles. The molecule has 31 heavy (non-hydrogen) atoms. The van der Waals surface area contributed by atoms with Gasteiger partial charge in [0.15, 0.2) is 11.6 Å². The smallest absolute Gasteiger partial charge is 0.356 e. The number of hydrogen-bond acceptors (Lipinski definition) is 5. The van der Waals surface area contributed by atoms with Gasteiger partial charge in [0, 0.05) is 23.0 Å². The summed E-state index contributed by atoms with van der Waals surface area (Å²) in [6.45, 7) is 4.00. The predicted molar refractivity (Wildman–Crippen MR) is 114 cm³/mol. The lowest BCUT2D eigenvalue weighted by Crippen LogP contribution is -2.19. The van der Waals surface area contributed by atoms with Gasteiger partial charge in [0.05, 0.1) is 14.2 Å². The molecule has 1 amide bonds. The number of esters is 1. The van der Waals surface area contributed by atoms with Crippen molar-refractivity contribution in [3.8, 4) is 5.75 Å². The monoisotopic (exact) mass is 432 g/mol. The van der Waals surface area contributed by atoms with Crippen LogP contribution >= 0.6 is 0 Å². The normalized spacial score (nSPS) is 13.1. The highest BCUT2D eigenvalue weighted by Gasteiger charge is 2.25. The van der Waals surface area contributed by atoms with Gasteiger partial charge in [-0.1, -0.05) is 13.8 Å². The van der Waals surface area contributed by atoms with Gasteiger partial charge in [-0.05, 0) is 55.5 Å². The quantitative estimate of drug-likeness (QED) is 0.662. The zero-order valence-electron chi connectivity index (χ0n) is 18.1. The largest absolute Gasteiger partial charge is 0.493 e. The fraction of sp³-hybridized carbons (Fsp3) is 0.348. The van der Waals surface area contributed by atoms with Gasteiger partial charge in [0.2, 0.25) is 5.82 Å². The van der Waals surface area contributed by atoms with Crippen LogP contribution in [0, 0.1) is 11.6 Å². The summed E-state index contributed by atoms with van der Waals surface area (Å²) in [4.78, 5) is 28.5. The molecular formula is C23H26F2N2O4. The third kappa shape index (κ3) is 5.45. The van der Waals surface area contributed by atoms with E-state index in [0.717, 1.165) is 18.9 Å². The van der Waals surface area contributed by atoms with E-state index in [9.17, 15) is 18.4 Å². The lowest BCUT2D eigenvalue weighted by Gasteiger charge is -2.22. The van der Waals surface area contributed by atoms with Crippen LogP contribution in [-0.4, -0.2) is 31.1 Å². The molecule has 2 aromatic rings. The average molecular weight is 432 g/mol. The number of allylic oxidation sites excluding steroid dienone is 1. The molecule has 0 aliphatic heterocycles. The van der Waals surface area contributed by atoms with Crippen molar-refractivity contribution in [3.63, 3.8) is 0 Å². The van der Waals surface area contributed by atoms with Crippen LogP contribution in [0.25, 0.3) is 5.57 Å². The first-order valence-electron chi connectivity index (χ1n) is 10.1. The number of halogens is 2. The maximum Gasteiger partial charge on any atom is 0.356 e. The molecule has 0 saturated carbocycles. The molecule has 8 heteroatoms. The van der Waals surface area contributed by atoms with Crippen LogP contribution in [0.1, 0.15) is 55.6 Å². The Morgan fingerprint density at radius 3 is 2.45 bits per heavy atom. The maximum absolute atomic E-state index is 14.2. The number of hydrogen-bond donors (Lipinski definition) is 1. The van der Waals surface area contributed by atoms with E-state index >= 15 is 0 Å². The van der Waals surface area contributed by atoms with E-state index in [2.05, 4.69) is 15.0 Å². The maximum atomic E-state index is 14.2. The molecule has 1 aliphatic rings. The van der Waals surface area contributed by atoms with Crippen molar-refractivity contribution in [2.75, 3.05) is 19.5 Å². The van der Waals surface area contributed by atoms with Crippen LogP contribution in [0.3, 0.4) is 0 Å². The van der Waals surface area contributed by atoms with Gasteiger partial charge >= 0.3 is 5.97 Å². The summed E-state index contributed by atoms with van der Waals surface area (Å²) in [5, 5.41) is 2.74. The Bertz CT molecular complexity index is 990. The van der Waals surface area contributed by atoms with Gasteiger partial charge < -0.3 is 14.8 Å². The molecule has 1 aromatic heterocycles. The lowest BCUT2D eigenvalue weighted by atomic mass is 9.86. The van der Waals surface area contributed by atoms with E-state index in [0.29, 0.717) is 35.2 Å². The SMILES string of the molecule is CC.COC(=O)c1cc(NC(=O)C2=C(c3ccc(F)c(F)c3OC)CCCC2)ccn1. The molecule has 1 N–H and O–H groups in total. The van der Waals surface area contributed by atoms with Gasteiger partial charge in [0.25, 0.3) is 5.91 Å². The number of rotatable bonds is 5. The van der Waals surface area contributed by atoms with Crippen molar-refractivity contribution < 1.29 is 27.8 Å². The standard InChI is InChI=1S/C21H20F2N2O4.C2H6/c1-28-19-14(7-8-16(22)18(19)23)13-5-3-4-6-15(13)20(26)25-12-9-10-24-17(11-12)21(27)29-2;1-2/h7-11H,3-6H2,1-2H3,(H,24,25,26);1-2H3. The number of nitrogens with one attached hydrogen (secondary N) is 1. The third-order valence-corrected chi connectivity index (χ3v) is 4.73. The number of carbonyl (C=O) groups is 2. The number of ether oxygens (including phenoxy) is 2. The van der Waals surface area contributed by atoms with Crippen LogP contribution in [0.4, 0.5) is 14.5 Å². The second-order valence-electron chi connectivity index (χ2n) is 6.48. The molecule has 166 valence electrons. The van der Waals surface area contributed by atoms with E-state index in [1.54, 1.807) is 6.07 Å². The Hall–Kier alpha value is -3.29. The van der Waals surface area contributed by atoms with Gasteiger partial charge in [-0.15, -0.1) is 0 Å². The number of methoxy groups -OCH3 is 2. The molecule has 0 unspecified atom stereocenters. The van der Waals surface area contributed by atoms with Gasteiger partial charge in [-0.3, -0.25) is 4.79 Å². The Kier molecular flexibility index (Phi) is 8.66. The van der Waals surface area contributed by atoms with E-state index in [1.165, 1.54) is 32.5 Å².